The van der Waals surface area contributed by atoms with Crippen LogP contribution in [-0.4, -0.2) is 20.3 Å². The van der Waals surface area contributed by atoms with E-state index in [1.807, 2.05) is 6.92 Å². The number of carbonyl (C=O) groups excluding carboxylic acids is 2. The number of nitrogens with zero attached hydrogens (tertiary/aromatic N) is 1. The fourth-order valence-electron chi connectivity index (χ4n) is 3.57. The molecule has 0 aromatic heterocycles. The predicted octanol–water partition coefficient (Wildman–Crippen LogP) is 6.87. The van der Waals surface area contributed by atoms with Crippen LogP contribution in [0.1, 0.15) is 31.8 Å². The van der Waals surface area contributed by atoms with E-state index in [0.29, 0.717) is 4.31 Å². The smallest absolute Gasteiger partial charge is 0.343 e. The van der Waals surface area contributed by atoms with E-state index in [1.54, 1.807) is 60.7 Å². The lowest BCUT2D eigenvalue weighted by atomic mass is 10.1. The van der Waals surface area contributed by atoms with Crippen LogP contribution in [0.15, 0.2) is 95.9 Å². The van der Waals surface area contributed by atoms with Crippen LogP contribution < -0.4 is 9.04 Å². The van der Waals surface area contributed by atoms with E-state index >= 15 is 0 Å². The first kappa shape index (κ1) is 26.4. The summed E-state index contributed by atoms with van der Waals surface area (Å²) in [6.07, 6.45) is 0. The van der Waals surface area contributed by atoms with Crippen molar-refractivity contribution in [3.05, 3.63) is 123 Å². The first-order valence-corrected chi connectivity index (χ1v) is 13.3. The highest BCUT2D eigenvalue weighted by atomic mass is 35.5. The summed E-state index contributed by atoms with van der Waals surface area (Å²) < 4.78 is 33.7. The zero-order chi connectivity index (χ0) is 26.7. The first-order valence-electron chi connectivity index (χ1n) is 11.1. The maximum absolute atomic E-state index is 13.8. The number of ether oxygens (including phenoxy) is 1. The third-order valence-corrected chi connectivity index (χ3v) is 8.03. The van der Waals surface area contributed by atoms with Gasteiger partial charge in [-0.15, -0.1) is 0 Å². The fraction of sp³-hybridized carbons (Fsp3) is 0.0714. The average molecular weight is 554 g/mol. The predicted molar refractivity (Wildman–Crippen MR) is 144 cm³/mol. The van der Waals surface area contributed by atoms with Gasteiger partial charge in [-0.25, -0.2) is 13.2 Å². The standard InChI is InChI=1S/C28H21Cl2NO5S/c1-18-13-15-22(16-14-18)37(34,35)31(27(32)20-9-5-3-6-10-20)24-17-23(29)26(25(30)19(24)2)36-28(33)21-11-7-4-8-12-21/h3-17H,1-2H3. The second kappa shape index (κ2) is 10.8. The van der Waals surface area contributed by atoms with Gasteiger partial charge in [-0.3, -0.25) is 4.79 Å². The maximum Gasteiger partial charge on any atom is 0.343 e. The third kappa shape index (κ3) is 5.39. The van der Waals surface area contributed by atoms with E-state index in [9.17, 15) is 18.0 Å². The Hall–Kier alpha value is -3.65. The molecular weight excluding hydrogens is 533 g/mol. The number of amides is 1. The van der Waals surface area contributed by atoms with E-state index in [4.69, 9.17) is 27.9 Å². The fourth-order valence-corrected chi connectivity index (χ4v) is 5.56. The molecule has 4 aromatic rings. The lowest BCUT2D eigenvalue weighted by Gasteiger charge is -2.26. The number of sulfonamides is 1. The lowest BCUT2D eigenvalue weighted by Crippen LogP contribution is -2.37. The molecule has 6 nitrogen and oxygen atoms in total. The van der Waals surface area contributed by atoms with Crippen molar-refractivity contribution in [3.63, 3.8) is 0 Å². The van der Waals surface area contributed by atoms with Crippen molar-refractivity contribution in [1.82, 2.24) is 0 Å². The molecule has 4 rings (SSSR count). The van der Waals surface area contributed by atoms with Gasteiger partial charge < -0.3 is 4.74 Å². The van der Waals surface area contributed by atoms with Crippen LogP contribution in [0.4, 0.5) is 5.69 Å². The molecule has 0 aliphatic carbocycles. The molecule has 0 bridgehead atoms. The molecule has 0 radical (unpaired) electrons. The van der Waals surface area contributed by atoms with Gasteiger partial charge in [0.15, 0.2) is 5.75 Å². The van der Waals surface area contributed by atoms with E-state index in [2.05, 4.69) is 0 Å². The van der Waals surface area contributed by atoms with Crippen molar-refractivity contribution in [1.29, 1.82) is 0 Å². The normalized spacial score (nSPS) is 11.1. The number of anilines is 1. The molecule has 0 aliphatic rings. The van der Waals surface area contributed by atoms with Gasteiger partial charge in [0.2, 0.25) is 0 Å². The highest BCUT2D eigenvalue weighted by Gasteiger charge is 2.34. The van der Waals surface area contributed by atoms with Gasteiger partial charge in [0.25, 0.3) is 15.9 Å². The molecule has 0 spiro atoms. The molecular formula is C28H21Cl2NO5S. The van der Waals surface area contributed by atoms with Gasteiger partial charge in [0.1, 0.15) is 0 Å². The molecule has 0 fully saturated rings. The van der Waals surface area contributed by atoms with Gasteiger partial charge in [-0.2, -0.15) is 4.31 Å². The Kier molecular flexibility index (Phi) is 7.68. The molecule has 0 atom stereocenters. The molecule has 0 unspecified atom stereocenters. The zero-order valence-electron chi connectivity index (χ0n) is 19.8. The highest BCUT2D eigenvalue weighted by Crippen LogP contribution is 2.43. The molecule has 4 aromatic carbocycles. The summed E-state index contributed by atoms with van der Waals surface area (Å²) in [5.74, 6) is -1.63. The highest BCUT2D eigenvalue weighted by molar-refractivity contribution is 7.93. The Bertz CT molecular complexity index is 1570. The summed E-state index contributed by atoms with van der Waals surface area (Å²) in [5, 5.41) is -0.239. The number of esters is 1. The van der Waals surface area contributed by atoms with Crippen molar-refractivity contribution in [3.8, 4) is 5.75 Å². The number of carbonyl (C=O) groups is 2. The average Bonchev–Trinajstić information content (AvgIpc) is 2.90. The second-order valence-corrected chi connectivity index (χ2v) is 10.7. The summed E-state index contributed by atoms with van der Waals surface area (Å²) in [6.45, 7) is 3.34. The lowest BCUT2D eigenvalue weighted by molar-refractivity contribution is 0.0734. The molecule has 188 valence electrons. The van der Waals surface area contributed by atoms with E-state index < -0.39 is 21.9 Å². The molecule has 1 amide bonds. The number of rotatable bonds is 6. The van der Waals surface area contributed by atoms with Crippen molar-refractivity contribution in [2.24, 2.45) is 0 Å². The van der Waals surface area contributed by atoms with Gasteiger partial charge in [-0.1, -0.05) is 77.3 Å². The molecule has 9 heteroatoms. The quantitative estimate of drug-likeness (QED) is 0.192. The molecule has 0 N–H and O–H groups in total. The summed E-state index contributed by atoms with van der Waals surface area (Å²) in [6, 6.07) is 23.6. The Morgan fingerprint density at radius 1 is 0.784 bits per heavy atom. The topological polar surface area (TPSA) is 80.8 Å². The van der Waals surface area contributed by atoms with Gasteiger partial charge in [0.05, 0.1) is 26.2 Å². The van der Waals surface area contributed by atoms with E-state index in [-0.39, 0.29) is 43.1 Å². The van der Waals surface area contributed by atoms with Gasteiger partial charge in [0, 0.05) is 5.56 Å². The van der Waals surface area contributed by atoms with Gasteiger partial charge >= 0.3 is 5.97 Å². The molecule has 0 heterocycles. The molecule has 0 saturated heterocycles. The summed E-state index contributed by atoms with van der Waals surface area (Å²) in [5.41, 5.74) is 1.39. The van der Waals surface area contributed by atoms with E-state index in [1.165, 1.54) is 37.3 Å². The van der Waals surface area contributed by atoms with Crippen molar-refractivity contribution in [2.75, 3.05) is 4.31 Å². The monoisotopic (exact) mass is 553 g/mol. The van der Waals surface area contributed by atoms with Crippen molar-refractivity contribution in [2.45, 2.75) is 18.7 Å². The minimum absolute atomic E-state index is 0.0658. The Morgan fingerprint density at radius 3 is 1.89 bits per heavy atom. The molecule has 0 saturated carbocycles. The Balaban J connectivity index is 1.85. The number of halogens is 2. The Labute approximate surface area is 225 Å². The maximum atomic E-state index is 13.8. The number of hydrogen-bond donors (Lipinski definition) is 0. The van der Waals surface area contributed by atoms with Crippen molar-refractivity contribution < 1.29 is 22.7 Å². The molecule has 0 aliphatic heterocycles. The van der Waals surface area contributed by atoms with Crippen molar-refractivity contribution >= 4 is 50.8 Å². The van der Waals surface area contributed by atoms with Gasteiger partial charge in [-0.05, 0) is 61.9 Å². The van der Waals surface area contributed by atoms with Crippen LogP contribution in [0.5, 0.6) is 5.75 Å². The number of benzene rings is 4. The zero-order valence-corrected chi connectivity index (χ0v) is 22.1. The second-order valence-electron chi connectivity index (χ2n) is 8.15. The van der Waals surface area contributed by atoms with Crippen LogP contribution in [0.3, 0.4) is 0 Å². The molecule has 37 heavy (non-hydrogen) atoms. The van der Waals surface area contributed by atoms with E-state index in [0.717, 1.165) is 5.56 Å². The minimum atomic E-state index is -4.39. The summed E-state index contributed by atoms with van der Waals surface area (Å²) in [4.78, 5) is 26.2. The summed E-state index contributed by atoms with van der Waals surface area (Å²) >= 11 is 13.0. The van der Waals surface area contributed by atoms with Crippen LogP contribution in [0.2, 0.25) is 10.0 Å². The number of aryl methyl sites for hydroxylation is 1. The SMILES string of the molecule is Cc1ccc(S(=O)(=O)N(C(=O)c2ccccc2)c2cc(Cl)c(OC(=O)c3ccccc3)c(Cl)c2C)cc1. The van der Waals surface area contributed by atoms with Crippen LogP contribution in [-0.2, 0) is 10.0 Å². The van der Waals surface area contributed by atoms with Crippen LogP contribution in [0.25, 0.3) is 0 Å². The Morgan fingerprint density at radius 2 is 1.32 bits per heavy atom. The summed E-state index contributed by atoms with van der Waals surface area (Å²) in [7, 11) is -4.39. The minimum Gasteiger partial charge on any atom is -0.420 e. The largest absolute Gasteiger partial charge is 0.420 e. The van der Waals surface area contributed by atoms with Crippen LogP contribution in [0, 0.1) is 13.8 Å². The third-order valence-electron chi connectivity index (χ3n) is 5.58. The number of hydrogen-bond acceptors (Lipinski definition) is 5. The first-order chi connectivity index (χ1) is 17.6. The van der Waals surface area contributed by atoms with Crippen LogP contribution >= 0.6 is 23.2 Å².